The van der Waals surface area contributed by atoms with E-state index in [0.29, 0.717) is 11.7 Å². The van der Waals surface area contributed by atoms with Crippen molar-refractivity contribution in [2.75, 3.05) is 0 Å². The summed E-state index contributed by atoms with van der Waals surface area (Å²) in [5, 5.41) is 0. The molecule has 19 heavy (non-hydrogen) atoms. The van der Waals surface area contributed by atoms with Crippen molar-refractivity contribution in [2.45, 2.75) is 51.2 Å². The summed E-state index contributed by atoms with van der Waals surface area (Å²) in [6, 6.07) is 4.67. The van der Waals surface area contributed by atoms with E-state index < -0.39 is 0 Å². The quantitative estimate of drug-likeness (QED) is 0.772. The lowest BCUT2D eigenvalue weighted by molar-refractivity contribution is -0.0521. The molecule has 3 rings (SSSR count). The topological polar surface area (TPSA) is 35.2 Å². The molecule has 1 aromatic rings. The Morgan fingerprint density at radius 2 is 2.16 bits per heavy atom. The van der Waals surface area contributed by atoms with E-state index in [1.54, 1.807) is 6.07 Å². The molecule has 0 saturated heterocycles. The minimum atomic E-state index is -0.250. The lowest BCUT2D eigenvalue weighted by Gasteiger charge is -2.49. The molecule has 1 saturated carbocycles. The fourth-order valence-electron chi connectivity index (χ4n) is 3.77. The largest absolute Gasteiger partial charge is 0.486 e. The van der Waals surface area contributed by atoms with Gasteiger partial charge in [-0.1, -0.05) is 19.9 Å². The zero-order valence-electron chi connectivity index (χ0n) is 11.7. The average Bonchev–Trinajstić information content (AvgIpc) is 2.34. The summed E-state index contributed by atoms with van der Waals surface area (Å²) in [4.78, 5) is 0. The molecule has 0 radical (unpaired) electrons. The molecule has 0 aromatic heterocycles. The van der Waals surface area contributed by atoms with E-state index in [4.69, 9.17) is 10.5 Å². The summed E-state index contributed by atoms with van der Waals surface area (Å²) in [5.74, 6) is 1.62. The monoisotopic (exact) mass is 263 g/mol. The van der Waals surface area contributed by atoms with Crippen molar-refractivity contribution in [2.24, 2.45) is 17.6 Å². The zero-order valence-corrected chi connectivity index (χ0v) is 11.7. The van der Waals surface area contributed by atoms with Gasteiger partial charge in [0.25, 0.3) is 0 Å². The number of hydrogen-bond acceptors (Lipinski definition) is 2. The highest BCUT2D eigenvalue weighted by molar-refractivity contribution is 5.39. The number of ether oxygens (including phenoxy) is 1. The molecule has 2 nitrogen and oxygen atoms in total. The van der Waals surface area contributed by atoms with E-state index >= 15 is 0 Å². The molecule has 1 spiro atoms. The van der Waals surface area contributed by atoms with Gasteiger partial charge in [-0.3, -0.25) is 0 Å². The van der Waals surface area contributed by atoms with Crippen molar-refractivity contribution in [3.05, 3.63) is 29.6 Å². The van der Waals surface area contributed by atoms with Crippen LogP contribution < -0.4 is 10.5 Å². The Morgan fingerprint density at radius 3 is 2.89 bits per heavy atom. The molecule has 4 atom stereocenters. The van der Waals surface area contributed by atoms with Crippen molar-refractivity contribution in [3.8, 4) is 5.75 Å². The molecule has 104 valence electrons. The van der Waals surface area contributed by atoms with Crippen LogP contribution in [-0.2, 0) is 0 Å². The second kappa shape index (κ2) is 4.48. The Balaban J connectivity index is 1.95. The molecule has 0 amide bonds. The molecular formula is C16H22FNO. The van der Waals surface area contributed by atoms with Gasteiger partial charge >= 0.3 is 0 Å². The highest BCUT2D eigenvalue weighted by Gasteiger charge is 2.46. The first kappa shape index (κ1) is 12.9. The van der Waals surface area contributed by atoms with Gasteiger partial charge in [0.1, 0.15) is 17.2 Å². The zero-order chi connectivity index (χ0) is 13.6. The van der Waals surface area contributed by atoms with Crippen LogP contribution in [0.25, 0.3) is 0 Å². The maximum Gasteiger partial charge on any atom is 0.127 e. The third-order valence-corrected chi connectivity index (χ3v) is 4.97. The van der Waals surface area contributed by atoms with E-state index in [9.17, 15) is 4.39 Å². The first-order valence-corrected chi connectivity index (χ1v) is 7.24. The van der Waals surface area contributed by atoms with Crippen LogP contribution in [-0.4, -0.2) is 5.60 Å². The number of rotatable bonds is 0. The number of hydrogen-bond donors (Lipinski definition) is 1. The predicted octanol–water partition coefficient (Wildman–Crippen LogP) is 3.80. The third kappa shape index (κ3) is 2.14. The van der Waals surface area contributed by atoms with Crippen LogP contribution in [0.2, 0.25) is 0 Å². The van der Waals surface area contributed by atoms with Crippen LogP contribution in [0.5, 0.6) is 5.75 Å². The van der Waals surface area contributed by atoms with Gasteiger partial charge in [0.05, 0.1) is 0 Å². The van der Waals surface area contributed by atoms with Gasteiger partial charge in [-0.15, -0.1) is 0 Å². The predicted molar refractivity (Wildman–Crippen MR) is 73.5 cm³/mol. The lowest BCUT2D eigenvalue weighted by Crippen LogP contribution is -2.50. The SMILES string of the molecule is CC1CCC2(CC(N)c3ccc(F)cc3O2)C(C)C1. The molecule has 3 heteroatoms. The summed E-state index contributed by atoms with van der Waals surface area (Å²) < 4.78 is 19.7. The minimum absolute atomic E-state index is 0.0415. The number of halogens is 1. The highest BCUT2D eigenvalue weighted by Crippen LogP contribution is 2.49. The van der Waals surface area contributed by atoms with Gasteiger partial charge in [0.2, 0.25) is 0 Å². The Labute approximate surface area is 114 Å². The van der Waals surface area contributed by atoms with Crippen molar-refractivity contribution in [1.82, 2.24) is 0 Å². The smallest absolute Gasteiger partial charge is 0.127 e. The van der Waals surface area contributed by atoms with Crippen LogP contribution in [0.3, 0.4) is 0 Å². The molecule has 2 N–H and O–H groups in total. The maximum absolute atomic E-state index is 13.4. The minimum Gasteiger partial charge on any atom is -0.486 e. The average molecular weight is 263 g/mol. The Morgan fingerprint density at radius 1 is 1.37 bits per heavy atom. The normalized spacial score (nSPS) is 37.8. The van der Waals surface area contributed by atoms with Crippen molar-refractivity contribution in [3.63, 3.8) is 0 Å². The summed E-state index contributed by atoms with van der Waals surface area (Å²) in [6.07, 6.45) is 4.21. The summed E-state index contributed by atoms with van der Waals surface area (Å²) in [7, 11) is 0. The number of benzene rings is 1. The van der Waals surface area contributed by atoms with Crippen LogP contribution in [0, 0.1) is 17.7 Å². The van der Waals surface area contributed by atoms with Crippen LogP contribution in [0.1, 0.15) is 51.1 Å². The third-order valence-electron chi connectivity index (χ3n) is 4.97. The highest BCUT2D eigenvalue weighted by atomic mass is 19.1. The molecule has 0 bridgehead atoms. The summed E-state index contributed by atoms with van der Waals surface area (Å²) >= 11 is 0. The van der Waals surface area contributed by atoms with Gasteiger partial charge in [0.15, 0.2) is 0 Å². The van der Waals surface area contributed by atoms with Gasteiger partial charge in [-0.25, -0.2) is 4.39 Å². The van der Waals surface area contributed by atoms with Crippen molar-refractivity contribution in [1.29, 1.82) is 0 Å². The van der Waals surface area contributed by atoms with E-state index in [0.717, 1.165) is 30.7 Å². The molecular weight excluding hydrogens is 241 g/mol. The molecule has 1 heterocycles. The summed E-state index contributed by atoms with van der Waals surface area (Å²) in [5.41, 5.74) is 7.05. The van der Waals surface area contributed by atoms with E-state index in [1.165, 1.54) is 18.6 Å². The van der Waals surface area contributed by atoms with Crippen molar-refractivity contribution >= 4 is 0 Å². The van der Waals surface area contributed by atoms with Crippen LogP contribution in [0.15, 0.2) is 18.2 Å². The second-order valence-electron chi connectivity index (χ2n) is 6.44. The maximum atomic E-state index is 13.4. The van der Waals surface area contributed by atoms with E-state index in [-0.39, 0.29) is 17.5 Å². The first-order chi connectivity index (χ1) is 9.00. The van der Waals surface area contributed by atoms with Gasteiger partial charge in [0, 0.05) is 24.1 Å². The van der Waals surface area contributed by atoms with E-state index in [2.05, 4.69) is 13.8 Å². The van der Waals surface area contributed by atoms with Crippen LogP contribution >= 0.6 is 0 Å². The van der Waals surface area contributed by atoms with Gasteiger partial charge in [-0.05, 0) is 37.2 Å². The second-order valence-corrected chi connectivity index (χ2v) is 6.44. The van der Waals surface area contributed by atoms with Crippen molar-refractivity contribution < 1.29 is 9.13 Å². The lowest BCUT2D eigenvalue weighted by atomic mass is 9.68. The number of nitrogens with two attached hydrogens (primary N) is 1. The standard InChI is InChI=1S/C16H22FNO/c1-10-5-6-16(11(2)7-10)9-14(18)13-4-3-12(17)8-15(13)19-16/h3-4,8,10-11,14H,5-7,9,18H2,1-2H3. The molecule has 4 unspecified atom stereocenters. The fourth-order valence-corrected chi connectivity index (χ4v) is 3.77. The van der Waals surface area contributed by atoms with Crippen LogP contribution in [0.4, 0.5) is 4.39 Å². The van der Waals surface area contributed by atoms with Gasteiger partial charge < -0.3 is 10.5 Å². The first-order valence-electron chi connectivity index (χ1n) is 7.24. The van der Waals surface area contributed by atoms with E-state index in [1.807, 2.05) is 0 Å². The molecule has 2 aliphatic rings. The Bertz CT molecular complexity index is 490. The van der Waals surface area contributed by atoms with Gasteiger partial charge in [-0.2, -0.15) is 0 Å². The molecule has 1 aliphatic heterocycles. The molecule has 1 fully saturated rings. The summed E-state index contributed by atoms with van der Waals surface area (Å²) in [6.45, 7) is 4.53. The fraction of sp³-hybridized carbons (Fsp3) is 0.625. The molecule has 1 aromatic carbocycles. The number of fused-ring (bicyclic) bond motifs is 1. The Hall–Kier alpha value is -1.09. The Kier molecular flexibility index (Phi) is 3.05. The molecule has 1 aliphatic carbocycles.